The number of nitrogens with one attached hydrogen (secondary N) is 1. The van der Waals surface area contributed by atoms with E-state index in [1.54, 1.807) is 18.2 Å². The van der Waals surface area contributed by atoms with Crippen LogP contribution >= 0.6 is 22.6 Å². The van der Waals surface area contributed by atoms with Crippen molar-refractivity contribution in [2.75, 3.05) is 12.4 Å². The number of ether oxygens (including phenoxy) is 1. The van der Waals surface area contributed by atoms with Gasteiger partial charge in [0.15, 0.2) is 0 Å². The zero-order valence-electron chi connectivity index (χ0n) is 10.2. The second-order valence-electron chi connectivity index (χ2n) is 3.84. The Morgan fingerprint density at radius 2 is 1.89 bits per heavy atom. The molecule has 0 saturated carbocycles. The normalized spacial score (nSPS) is 10.0. The maximum atomic E-state index is 12.0. The van der Waals surface area contributed by atoms with E-state index in [4.69, 9.17) is 4.74 Å². The number of anilines is 1. The third-order valence-corrected chi connectivity index (χ3v) is 3.27. The average molecular weight is 369 g/mol. The van der Waals surface area contributed by atoms with E-state index in [9.17, 15) is 9.90 Å². The van der Waals surface area contributed by atoms with Crippen LogP contribution in [0.1, 0.15) is 10.4 Å². The predicted octanol–water partition coefficient (Wildman–Crippen LogP) is 3.26. The summed E-state index contributed by atoms with van der Waals surface area (Å²) in [5.74, 6) is 0.0343. The zero-order valence-corrected chi connectivity index (χ0v) is 12.3. The van der Waals surface area contributed by atoms with Gasteiger partial charge in [-0.3, -0.25) is 4.79 Å². The Hall–Kier alpha value is -1.76. The number of phenolic OH excluding ortho intramolecular Hbond substituents is 1. The van der Waals surface area contributed by atoms with Crippen LogP contribution < -0.4 is 10.1 Å². The summed E-state index contributed by atoms with van der Waals surface area (Å²) >= 11 is 2.19. The lowest BCUT2D eigenvalue weighted by Gasteiger charge is -2.08. The predicted molar refractivity (Wildman–Crippen MR) is 81.8 cm³/mol. The minimum absolute atomic E-state index is 0.109. The smallest absolute Gasteiger partial charge is 0.259 e. The molecule has 2 aromatic carbocycles. The molecule has 0 aliphatic rings. The number of phenols is 1. The van der Waals surface area contributed by atoms with Crippen LogP contribution in [-0.2, 0) is 0 Å². The molecule has 0 unspecified atom stereocenters. The lowest BCUT2D eigenvalue weighted by molar-refractivity contribution is 0.102. The van der Waals surface area contributed by atoms with Crippen LogP contribution in [0.15, 0.2) is 42.5 Å². The summed E-state index contributed by atoms with van der Waals surface area (Å²) in [6.45, 7) is 0. The molecule has 4 nitrogen and oxygen atoms in total. The third-order valence-electron chi connectivity index (χ3n) is 2.55. The van der Waals surface area contributed by atoms with Gasteiger partial charge in [-0.2, -0.15) is 0 Å². The van der Waals surface area contributed by atoms with Crippen LogP contribution in [0.4, 0.5) is 5.69 Å². The molecule has 5 heteroatoms. The van der Waals surface area contributed by atoms with Gasteiger partial charge in [0.25, 0.3) is 5.91 Å². The summed E-state index contributed by atoms with van der Waals surface area (Å²) in [5.41, 5.74) is 0.889. The first-order chi connectivity index (χ1) is 9.10. The topological polar surface area (TPSA) is 58.6 Å². The molecule has 0 bridgehead atoms. The van der Waals surface area contributed by atoms with E-state index in [0.29, 0.717) is 11.4 Å². The highest BCUT2D eigenvalue weighted by Crippen LogP contribution is 2.24. The second-order valence-corrected chi connectivity index (χ2v) is 5.09. The van der Waals surface area contributed by atoms with Gasteiger partial charge < -0.3 is 15.2 Å². The minimum Gasteiger partial charge on any atom is -0.507 e. The van der Waals surface area contributed by atoms with E-state index in [-0.39, 0.29) is 17.2 Å². The Bertz CT molecular complexity index is 596. The van der Waals surface area contributed by atoms with Crippen molar-refractivity contribution in [1.82, 2.24) is 0 Å². The molecule has 0 aromatic heterocycles. The highest BCUT2D eigenvalue weighted by Gasteiger charge is 2.12. The zero-order chi connectivity index (χ0) is 13.8. The van der Waals surface area contributed by atoms with Crippen molar-refractivity contribution in [2.45, 2.75) is 0 Å². The summed E-state index contributed by atoms with van der Waals surface area (Å²) in [6.07, 6.45) is 0. The Kier molecular flexibility index (Phi) is 4.26. The number of hydrogen-bond donors (Lipinski definition) is 2. The standard InChI is InChI=1S/C14H12INO3/c1-19-11-6-7-12(13(17)8-11)14(18)16-10-4-2-9(15)3-5-10/h2-8,17H,1H3,(H,16,18). The van der Waals surface area contributed by atoms with Gasteiger partial charge in [-0.25, -0.2) is 0 Å². The Morgan fingerprint density at radius 1 is 1.21 bits per heavy atom. The van der Waals surface area contributed by atoms with Gasteiger partial charge in [-0.05, 0) is 59.0 Å². The number of amides is 1. The monoisotopic (exact) mass is 369 g/mol. The number of carbonyl (C=O) groups is 1. The molecule has 0 fully saturated rings. The molecule has 2 N–H and O–H groups in total. The Labute approximate surface area is 124 Å². The molecule has 0 atom stereocenters. The van der Waals surface area contributed by atoms with Gasteiger partial charge in [-0.15, -0.1) is 0 Å². The maximum absolute atomic E-state index is 12.0. The minimum atomic E-state index is -0.360. The third kappa shape index (κ3) is 3.37. The number of benzene rings is 2. The first kappa shape index (κ1) is 13.7. The summed E-state index contributed by atoms with van der Waals surface area (Å²) in [6, 6.07) is 12.0. The van der Waals surface area contributed by atoms with Gasteiger partial charge in [0.2, 0.25) is 0 Å². The molecule has 0 radical (unpaired) electrons. The van der Waals surface area contributed by atoms with E-state index in [1.165, 1.54) is 19.2 Å². The largest absolute Gasteiger partial charge is 0.507 e. The molecule has 2 rings (SSSR count). The van der Waals surface area contributed by atoms with Crippen LogP contribution in [0.5, 0.6) is 11.5 Å². The maximum Gasteiger partial charge on any atom is 0.259 e. The molecular formula is C14H12INO3. The molecule has 0 aliphatic carbocycles. The first-order valence-corrected chi connectivity index (χ1v) is 6.62. The SMILES string of the molecule is COc1ccc(C(=O)Nc2ccc(I)cc2)c(O)c1. The number of hydrogen-bond acceptors (Lipinski definition) is 3. The van der Waals surface area contributed by atoms with Crippen molar-refractivity contribution in [2.24, 2.45) is 0 Å². The van der Waals surface area contributed by atoms with Crippen molar-refractivity contribution in [3.8, 4) is 11.5 Å². The van der Waals surface area contributed by atoms with E-state index in [1.807, 2.05) is 12.1 Å². The lowest BCUT2D eigenvalue weighted by Crippen LogP contribution is -2.12. The van der Waals surface area contributed by atoms with E-state index >= 15 is 0 Å². The quantitative estimate of drug-likeness (QED) is 0.817. The van der Waals surface area contributed by atoms with Gasteiger partial charge in [0.1, 0.15) is 11.5 Å². The number of aromatic hydroxyl groups is 1. The van der Waals surface area contributed by atoms with E-state index < -0.39 is 0 Å². The van der Waals surface area contributed by atoms with E-state index in [2.05, 4.69) is 27.9 Å². The van der Waals surface area contributed by atoms with Crippen molar-refractivity contribution < 1.29 is 14.6 Å². The Morgan fingerprint density at radius 3 is 2.47 bits per heavy atom. The van der Waals surface area contributed by atoms with Crippen molar-refractivity contribution >= 4 is 34.2 Å². The van der Waals surface area contributed by atoms with Crippen molar-refractivity contribution in [3.63, 3.8) is 0 Å². The first-order valence-electron chi connectivity index (χ1n) is 5.54. The summed E-state index contributed by atoms with van der Waals surface area (Å²) in [4.78, 5) is 12.0. The highest BCUT2D eigenvalue weighted by molar-refractivity contribution is 14.1. The summed E-state index contributed by atoms with van der Waals surface area (Å²) in [5, 5.41) is 12.5. The van der Waals surface area contributed by atoms with Crippen LogP contribution in [0.2, 0.25) is 0 Å². The van der Waals surface area contributed by atoms with Crippen molar-refractivity contribution in [3.05, 3.63) is 51.6 Å². The van der Waals surface area contributed by atoms with Crippen LogP contribution in [0, 0.1) is 3.57 Å². The fourth-order valence-electron chi connectivity index (χ4n) is 1.56. The van der Waals surface area contributed by atoms with Gasteiger partial charge in [-0.1, -0.05) is 0 Å². The average Bonchev–Trinajstić information content (AvgIpc) is 2.41. The summed E-state index contributed by atoms with van der Waals surface area (Å²) < 4.78 is 6.05. The van der Waals surface area contributed by atoms with Crippen molar-refractivity contribution in [1.29, 1.82) is 0 Å². The Balaban J connectivity index is 2.18. The lowest BCUT2D eigenvalue weighted by atomic mass is 10.1. The van der Waals surface area contributed by atoms with Crippen LogP contribution in [-0.4, -0.2) is 18.1 Å². The van der Waals surface area contributed by atoms with Gasteiger partial charge in [0.05, 0.1) is 12.7 Å². The molecule has 19 heavy (non-hydrogen) atoms. The summed E-state index contributed by atoms with van der Waals surface area (Å²) in [7, 11) is 1.50. The molecule has 0 heterocycles. The molecule has 1 amide bonds. The second kappa shape index (κ2) is 5.92. The number of methoxy groups -OCH3 is 1. The fraction of sp³-hybridized carbons (Fsp3) is 0.0714. The molecule has 0 saturated heterocycles. The van der Waals surface area contributed by atoms with Crippen LogP contribution in [0.3, 0.4) is 0 Å². The van der Waals surface area contributed by atoms with Gasteiger partial charge in [0, 0.05) is 15.3 Å². The number of carbonyl (C=O) groups excluding carboxylic acids is 1. The molecule has 2 aromatic rings. The molecule has 98 valence electrons. The fourth-order valence-corrected chi connectivity index (χ4v) is 1.92. The molecular weight excluding hydrogens is 357 g/mol. The molecule has 0 aliphatic heterocycles. The van der Waals surface area contributed by atoms with Gasteiger partial charge >= 0.3 is 0 Å². The number of rotatable bonds is 3. The number of halogens is 1. The van der Waals surface area contributed by atoms with E-state index in [0.717, 1.165) is 3.57 Å². The van der Waals surface area contributed by atoms with Crippen LogP contribution in [0.25, 0.3) is 0 Å². The molecule has 0 spiro atoms. The highest BCUT2D eigenvalue weighted by atomic mass is 127.